The number of hydrazone groups is 1. The highest BCUT2D eigenvalue weighted by Gasteiger charge is 2.34. The van der Waals surface area contributed by atoms with Gasteiger partial charge in [-0.3, -0.25) is 9.59 Å². The van der Waals surface area contributed by atoms with Gasteiger partial charge in [0.25, 0.3) is 5.91 Å². The van der Waals surface area contributed by atoms with Crippen LogP contribution in [0, 0.1) is 5.92 Å². The van der Waals surface area contributed by atoms with Crippen molar-refractivity contribution in [3.63, 3.8) is 0 Å². The zero-order valence-electron chi connectivity index (χ0n) is 15.4. The number of carbonyl (C=O) groups is 2. The average molecular weight is 366 g/mol. The predicted octanol–water partition coefficient (Wildman–Crippen LogP) is 1.76. The number of nitrogens with one attached hydrogen (secondary N) is 1. The molecule has 2 aliphatic heterocycles. The number of fused-ring (bicyclic) bond motifs is 1. The molecule has 0 atom stereocenters. The summed E-state index contributed by atoms with van der Waals surface area (Å²) < 4.78 is 0. The number of piperidine rings is 1. The standard InChI is InChI=1S/C19H22N6O2/c1-11-16(12(2)24-9-7-13(8-10-24)17(20)26)18(27)25(23-11)19-21-14-5-3-4-6-15(14)22-19/h3-6,13H,7-10H2,1-2H3,(H2,20,26)(H,21,22)/b16-12+. The van der Waals surface area contributed by atoms with Crippen LogP contribution in [0.5, 0.6) is 0 Å². The van der Waals surface area contributed by atoms with Crippen LogP contribution >= 0.6 is 0 Å². The lowest BCUT2D eigenvalue weighted by atomic mass is 9.95. The van der Waals surface area contributed by atoms with E-state index in [1.807, 2.05) is 38.1 Å². The number of nitrogens with zero attached hydrogens (tertiary/aromatic N) is 4. The van der Waals surface area contributed by atoms with E-state index in [9.17, 15) is 9.59 Å². The van der Waals surface area contributed by atoms with Crippen LogP contribution < -0.4 is 10.7 Å². The second kappa shape index (κ2) is 6.53. The summed E-state index contributed by atoms with van der Waals surface area (Å²) in [7, 11) is 0. The van der Waals surface area contributed by atoms with Gasteiger partial charge in [-0.2, -0.15) is 10.1 Å². The Morgan fingerprint density at radius 2 is 1.96 bits per heavy atom. The number of carbonyl (C=O) groups excluding carboxylic acids is 2. The maximum Gasteiger partial charge on any atom is 0.285 e. The first-order chi connectivity index (χ1) is 13.0. The number of rotatable bonds is 3. The number of primary amides is 1. The maximum atomic E-state index is 13.0. The third kappa shape index (κ3) is 2.97. The summed E-state index contributed by atoms with van der Waals surface area (Å²) in [6.07, 6.45) is 1.41. The van der Waals surface area contributed by atoms with Crippen LogP contribution in [0.15, 0.2) is 40.6 Å². The molecule has 0 radical (unpaired) electrons. The van der Waals surface area contributed by atoms with Gasteiger partial charge in [-0.05, 0) is 38.8 Å². The number of anilines is 1. The molecule has 0 aliphatic carbocycles. The zero-order valence-corrected chi connectivity index (χ0v) is 15.4. The molecule has 4 rings (SSSR count). The first-order valence-electron chi connectivity index (χ1n) is 9.05. The summed E-state index contributed by atoms with van der Waals surface area (Å²) in [5.74, 6) is -0.109. The highest BCUT2D eigenvalue weighted by atomic mass is 16.2. The molecule has 2 aromatic rings. The number of nitrogens with two attached hydrogens (primary N) is 1. The summed E-state index contributed by atoms with van der Waals surface area (Å²) in [6.45, 7) is 5.16. The van der Waals surface area contributed by atoms with E-state index in [1.165, 1.54) is 5.01 Å². The minimum Gasteiger partial charge on any atom is -0.374 e. The van der Waals surface area contributed by atoms with E-state index in [0.29, 0.717) is 43.2 Å². The van der Waals surface area contributed by atoms with Crippen molar-refractivity contribution in [3.05, 3.63) is 35.5 Å². The van der Waals surface area contributed by atoms with Gasteiger partial charge in [0, 0.05) is 24.7 Å². The molecule has 0 bridgehead atoms. The van der Waals surface area contributed by atoms with Crippen LogP contribution in [0.25, 0.3) is 11.0 Å². The fraction of sp³-hybridized carbons (Fsp3) is 0.368. The van der Waals surface area contributed by atoms with E-state index in [1.54, 1.807) is 0 Å². The van der Waals surface area contributed by atoms with Gasteiger partial charge in [-0.15, -0.1) is 0 Å². The number of aromatic nitrogens is 2. The van der Waals surface area contributed by atoms with Gasteiger partial charge in [0.2, 0.25) is 11.9 Å². The lowest BCUT2D eigenvalue weighted by molar-refractivity contribution is -0.123. The third-order valence-electron chi connectivity index (χ3n) is 5.33. The number of H-pyrrole nitrogens is 1. The van der Waals surface area contributed by atoms with Crippen molar-refractivity contribution in [2.45, 2.75) is 26.7 Å². The van der Waals surface area contributed by atoms with Gasteiger partial charge in [-0.1, -0.05) is 12.1 Å². The summed E-state index contributed by atoms with van der Waals surface area (Å²) in [5, 5.41) is 5.75. The van der Waals surface area contributed by atoms with E-state index in [2.05, 4.69) is 20.0 Å². The quantitative estimate of drug-likeness (QED) is 0.807. The van der Waals surface area contributed by atoms with Crippen molar-refractivity contribution < 1.29 is 9.59 Å². The minimum atomic E-state index is -0.245. The Kier molecular flexibility index (Phi) is 4.18. The van der Waals surface area contributed by atoms with Crippen molar-refractivity contribution in [1.82, 2.24) is 14.9 Å². The summed E-state index contributed by atoms with van der Waals surface area (Å²) >= 11 is 0. The van der Waals surface area contributed by atoms with Gasteiger partial charge in [0.15, 0.2) is 0 Å². The number of allylic oxidation sites excluding steroid dienone is 1. The van der Waals surface area contributed by atoms with Crippen LogP contribution in [0.1, 0.15) is 26.7 Å². The van der Waals surface area contributed by atoms with Crippen LogP contribution in [-0.4, -0.2) is 45.5 Å². The summed E-state index contributed by atoms with van der Waals surface area (Å²) in [4.78, 5) is 34.2. The highest BCUT2D eigenvalue weighted by Crippen LogP contribution is 2.28. The molecular weight excluding hydrogens is 344 g/mol. The van der Waals surface area contributed by atoms with E-state index in [-0.39, 0.29) is 17.7 Å². The second-order valence-corrected chi connectivity index (χ2v) is 7.00. The molecule has 2 aliphatic rings. The highest BCUT2D eigenvalue weighted by molar-refractivity contribution is 6.29. The van der Waals surface area contributed by atoms with Crippen molar-refractivity contribution in [1.29, 1.82) is 0 Å². The van der Waals surface area contributed by atoms with Crippen LogP contribution in [0.2, 0.25) is 0 Å². The number of para-hydroxylation sites is 2. The monoisotopic (exact) mass is 366 g/mol. The molecule has 140 valence electrons. The molecule has 8 nitrogen and oxygen atoms in total. The number of amides is 2. The molecule has 3 heterocycles. The summed E-state index contributed by atoms with van der Waals surface area (Å²) in [6, 6.07) is 7.61. The molecule has 1 aromatic heterocycles. The van der Waals surface area contributed by atoms with Crippen LogP contribution in [-0.2, 0) is 9.59 Å². The van der Waals surface area contributed by atoms with Gasteiger partial charge in [-0.25, -0.2) is 4.98 Å². The number of imidazole rings is 1. The Hall–Kier alpha value is -3.16. The second-order valence-electron chi connectivity index (χ2n) is 7.00. The SMILES string of the molecule is CC1=NN(c2nc3ccccc3[nH]2)C(=O)/C1=C(\C)N1CCC(C(N)=O)CC1. The maximum absolute atomic E-state index is 13.0. The largest absolute Gasteiger partial charge is 0.374 e. The first kappa shape index (κ1) is 17.3. The average Bonchev–Trinajstić information content (AvgIpc) is 3.21. The van der Waals surface area contributed by atoms with Gasteiger partial charge in [0.1, 0.15) is 0 Å². The number of benzene rings is 1. The van der Waals surface area contributed by atoms with E-state index < -0.39 is 0 Å². The van der Waals surface area contributed by atoms with Crippen molar-refractivity contribution in [2.75, 3.05) is 18.1 Å². The fourth-order valence-corrected chi connectivity index (χ4v) is 3.76. The van der Waals surface area contributed by atoms with Crippen molar-refractivity contribution in [2.24, 2.45) is 16.8 Å². The molecule has 8 heteroatoms. The Morgan fingerprint density at radius 3 is 2.63 bits per heavy atom. The molecule has 27 heavy (non-hydrogen) atoms. The molecule has 0 spiro atoms. The van der Waals surface area contributed by atoms with E-state index in [0.717, 1.165) is 16.7 Å². The minimum absolute atomic E-state index is 0.0832. The molecule has 1 fully saturated rings. The Morgan fingerprint density at radius 1 is 1.26 bits per heavy atom. The Balaban J connectivity index is 1.59. The number of likely N-dealkylation sites (tertiary alicyclic amines) is 1. The van der Waals surface area contributed by atoms with E-state index in [4.69, 9.17) is 5.73 Å². The number of hydrogen-bond acceptors (Lipinski definition) is 5. The molecule has 3 N–H and O–H groups in total. The lowest BCUT2D eigenvalue weighted by Crippen LogP contribution is -2.38. The molecule has 1 aromatic carbocycles. The summed E-state index contributed by atoms with van der Waals surface area (Å²) in [5.41, 5.74) is 9.19. The number of aromatic amines is 1. The molecule has 0 unspecified atom stereocenters. The van der Waals surface area contributed by atoms with Crippen molar-refractivity contribution in [3.8, 4) is 0 Å². The van der Waals surface area contributed by atoms with Gasteiger partial charge >= 0.3 is 0 Å². The normalized spacial score (nSPS) is 20.4. The smallest absolute Gasteiger partial charge is 0.285 e. The van der Waals surface area contributed by atoms with Crippen molar-refractivity contribution >= 4 is 34.5 Å². The zero-order chi connectivity index (χ0) is 19.1. The first-order valence-corrected chi connectivity index (χ1v) is 9.05. The molecular formula is C19H22N6O2. The number of hydrogen-bond donors (Lipinski definition) is 2. The van der Waals surface area contributed by atoms with Gasteiger partial charge in [0.05, 0.1) is 22.3 Å². The molecule has 2 amide bonds. The van der Waals surface area contributed by atoms with E-state index >= 15 is 0 Å². The van der Waals surface area contributed by atoms with Gasteiger partial charge < -0.3 is 15.6 Å². The third-order valence-corrected chi connectivity index (χ3v) is 5.33. The van der Waals surface area contributed by atoms with Crippen LogP contribution in [0.4, 0.5) is 5.95 Å². The molecule has 0 saturated carbocycles. The Labute approximate surface area is 156 Å². The van der Waals surface area contributed by atoms with Crippen LogP contribution in [0.3, 0.4) is 0 Å². The topological polar surface area (TPSA) is 108 Å². The lowest BCUT2D eigenvalue weighted by Gasteiger charge is -2.33. The Bertz CT molecular complexity index is 948. The predicted molar refractivity (Wildman–Crippen MR) is 103 cm³/mol. The fourth-order valence-electron chi connectivity index (χ4n) is 3.76. The molecule has 1 saturated heterocycles.